The van der Waals surface area contributed by atoms with E-state index in [0.29, 0.717) is 15.7 Å². The second kappa shape index (κ2) is 7.63. The fraction of sp³-hybridized carbons (Fsp3) is 0.235. The Morgan fingerprint density at radius 2 is 1.82 bits per heavy atom. The Labute approximate surface area is 140 Å². The molecule has 0 aromatic heterocycles. The van der Waals surface area contributed by atoms with Gasteiger partial charge in [0.15, 0.2) is 6.04 Å². The molecule has 0 aliphatic heterocycles. The van der Waals surface area contributed by atoms with Gasteiger partial charge in [-0.05, 0) is 38.1 Å². The van der Waals surface area contributed by atoms with Gasteiger partial charge in [0.1, 0.15) is 6.04 Å². The van der Waals surface area contributed by atoms with Gasteiger partial charge in [-0.25, -0.2) is 0 Å². The summed E-state index contributed by atoms with van der Waals surface area (Å²) in [5.74, 6) is -0.0684. The van der Waals surface area contributed by atoms with Crippen LogP contribution in [0.25, 0.3) is 0 Å². The third-order valence-corrected chi connectivity index (χ3v) is 4.06. The minimum absolute atomic E-state index is 0.0684. The van der Waals surface area contributed by atoms with E-state index in [1.54, 1.807) is 18.2 Å². The number of quaternary nitrogens is 1. The number of halogens is 2. The molecule has 2 rings (SSSR count). The van der Waals surface area contributed by atoms with Gasteiger partial charge in [0.2, 0.25) is 0 Å². The number of nitrogens with one attached hydrogen (secondary N) is 1. The van der Waals surface area contributed by atoms with Crippen LogP contribution < -0.4 is 10.6 Å². The van der Waals surface area contributed by atoms with Gasteiger partial charge < -0.3 is 10.6 Å². The smallest absolute Gasteiger partial charge is 0.282 e. The molecule has 3 nitrogen and oxygen atoms in total. The summed E-state index contributed by atoms with van der Waals surface area (Å²) < 4.78 is 0. The van der Waals surface area contributed by atoms with Gasteiger partial charge in [-0.3, -0.25) is 4.79 Å². The normalized spacial score (nSPS) is 13.5. The van der Waals surface area contributed by atoms with E-state index in [2.05, 4.69) is 5.32 Å². The van der Waals surface area contributed by atoms with E-state index in [1.165, 1.54) is 0 Å². The number of hydrogen-bond donors (Lipinski definition) is 2. The lowest BCUT2D eigenvalue weighted by Gasteiger charge is -2.17. The second-order valence-electron chi connectivity index (χ2n) is 5.29. The number of hydrogen-bond acceptors (Lipinski definition) is 1. The SMILES string of the molecule is C[C@H]([NH2+][C@H](C)c1ccccc1Cl)C(=O)Nc1cccc(Cl)c1. The minimum Gasteiger partial charge on any atom is -0.330 e. The molecule has 0 fully saturated rings. The molecule has 0 aliphatic rings. The van der Waals surface area contributed by atoms with Crippen LogP contribution in [0.15, 0.2) is 48.5 Å². The van der Waals surface area contributed by atoms with Crippen molar-refractivity contribution in [1.29, 1.82) is 0 Å². The van der Waals surface area contributed by atoms with Crippen LogP contribution >= 0.6 is 23.2 Å². The summed E-state index contributed by atoms with van der Waals surface area (Å²) in [6, 6.07) is 14.6. The lowest BCUT2D eigenvalue weighted by atomic mass is 10.1. The van der Waals surface area contributed by atoms with Gasteiger partial charge in [0.05, 0.1) is 0 Å². The molecule has 0 heterocycles. The first-order valence-electron chi connectivity index (χ1n) is 7.13. The molecule has 0 aliphatic carbocycles. The number of carbonyl (C=O) groups is 1. The van der Waals surface area contributed by atoms with Crippen LogP contribution in [0.3, 0.4) is 0 Å². The Balaban J connectivity index is 1.98. The molecule has 1 amide bonds. The van der Waals surface area contributed by atoms with Gasteiger partial charge in [-0.2, -0.15) is 0 Å². The maximum Gasteiger partial charge on any atom is 0.282 e. The molecule has 116 valence electrons. The van der Waals surface area contributed by atoms with Crippen molar-refractivity contribution >= 4 is 34.8 Å². The predicted molar refractivity (Wildman–Crippen MR) is 91.3 cm³/mol. The van der Waals surface area contributed by atoms with Crippen LogP contribution in [-0.4, -0.2) is 11.9 Å². The number of benzene rings is 2. The Hall–Kier alpha value is -1.55. The molecule has 3 N–H and O–H groups in total. The first-order valence-corrected chi connectivity index (χ1v) is 7.89. The molecule has 22 heavy (non-hydrogen) atoms. The van der Waals surface area contributed by atoms with Crippen molar-refractivity contribution < 1.29 is 10.1 Å². The highest BCUT2D eigenvalue weighted by molar-refractivity contribution is 6.31. The Morgan fingerprint density at radius 1 is 1.09 bits per heavy atom. The first kappa shape index (κ1) is 16.8. The summed E-state index contributed by atoms with van der Waals surface area (Å²) in [4.78, 5) is 12.3. The summed E-state index contributed by atoms with van der Waals surface area (Å²) in [6.45, 7) is 3.90. The second-order valence-corrected chi connectivity index (χ2v) is 6.13. The van der Waals surface area contributed by atoms with E-state index < -0.39 is 0 Å². The van der Waals surface area contributed by atoms with Crippen LogP contribution in [0.4, 0.5) is 5.69 Å². The highest BCUT2D eigenvalue weighted by atomic mass is 35.5. The highest BCUT2D eigenvalue weighted by Crippen LogP contribution is 2.20. The maximum atomic E-state index is 12.3. The van der Waals surface area contributed by atoms with Crippen molar-refractivity contribution in [2.75, 3.05) is 5.32 Å². The topological polar surface area (TPSA) is 45.7 Å². The fourth-order valence-corrected chi connectivity index (χ4v) is 2.79. The summed E-state index contributed by atoms with van der Waals surface area (Å²) in [5.41, 5.74) is 1.72. The van der Waals surface area contributed by atoms with Gasteiger partial charge >= 0.3 is 0 Å². The van der Waals surface area contributed by atoms with E-state index in [1.807, 2.05) is 49.5 Å². The summed E-state index contributed by atoms with van der Waals surface area (Å²) in [6.07, 6.45) is 0. The van der Waals surface area contributed by atoms with Crippen LogP contribution in [0, 0.1) is 0 Å². The minimum atomic E-state index is -0.245. The molecule has 0 saturated heterocycles. The zero-order chi connectivity index (χ0) is 16.1. The Morgan fingerprint density at radius 3 is 2.50 bits per heavy atom. The standard InChI is InChI=1S/C17H18Cl2N2O/c1-11(15-8-3-4-9-16(15)19)20-12(2)17(22)21-14-7-5-6-13(18)10-14/h3-12,20H,1-2H3,(H,21,22)/p+1/t11-,12+/m1/s1. The van der Waals surface area contributed by atoms with E-state index in [9.17, 15) is 4.79 Å². The zero-order valence-electron chi connectivity index (χ0n) is 12.5. The van der Waals surface area contributed by atoms with Gasteiger partial charge in [0.25, 0.3) is 5.91 Å². The molecular formula is C17H19Cl2N2O+. The lowest BCUT2D eigenvalue weighted by molar-refractivity contribution is -0.709. The predicted octanol–water partition coefficient (Wildman–Crippen LogP) is 3.65. The van der Waals surface area contributed by atoms with Crippen molar-refractivity contribution in [3.05, 3.63) is 64.1 Å². The number of carbonyl (C=O) groups excluding carboxylic acids is 1. The van der Waals surface area contributed by atoms with Crippen molar-refractivity contribution in [3.63, 3.8) is 0 Å². The van der Waals surface area contributed by atoms with E-state index in [0.717, 1.165) is 5.56 Å². The van der Waals surface area contributed by atoms with Crippen molar-refractivity contribution in [3.8, 4) is 0 Å². The van der Waals surface area contributed by atoms with Crippen molar-refractivity contribution in [2.24, 2.45) is 0 Å². The lowest BCUT2D eigenvalue weighted by Crippen LogP contribution is -2.91. The number of rotatable bonds is 5. The molecule has 2 atom stereocenters. The number of amides is 1. The molecule has 2 aromatic carbocycles. The monoisotopic (exact) mass is 337 g/mol. The third kappa shape index (κ3) is 4.47. The average Bonchev–Trinajstić information content (AvgIpc) is 2.47. The average molecular weight is 338 g/mol. The van der Waals surface area contributed by atoms with Gasteiger partial charge in [0, 0.05) is 21.3 Å². The first-order chi connectivity index (χ1) is 10.5. The van der Waals surface area contributed by atoms with Crippen LogP contribution in [0.5, 0.6) is 0 Å². The fourth-order valence-electron chi connectivity index (χ4n) is 2.29. The van der Waals surface area contributed by atoms with Gasteiger partial charge in [-0.15, -0.1) is 0 Å². The van der Waals surface area contributed by atoms with Crippen LogP contribution in [0.2, 0.25) is 10.0 Å². The zero-order valence-corrected chi connectivity index (χ0v) is 14.0. The Kier molecular flexibility index (Phi) is 5.83. The van der Waals surface area contributed by atoms with E-state index in [-0.39, 0.29) is 18.0 Å². The molecule has 2 aromatic rings. The number of anilines is 1. The molecular weight excluding hydrogens is 319 g/mol. The van der Waals surface area contributed by atoms with Gasteiger partial charge in [-0.1, -0.05) is 47.5 Å². The Bertz CT molecular complexity index is 661. The molecule has 5 heteroatoms. The van der Waals surface area contributed by atoms with E-state index in [4.69, 9.17) is 23.2 Å². The quantitative estimate of drug-likeness (QED) is 0.859. The summed E-state index contributed by atoms with van der Waals surface area (Å²) in [7, 11) is 0. The van der Waals surface area contributed by atoms with Crippen LogP contribution in [0.1, 0.15) is 25.5 Å². The third-order valence-electron chi connectivity index (χ3n) is 3.48. The van der Waals surface area contributed by atoms with Crippen LogP contribution in [-0.2, 0) is 4.79 Å². The highest BCUT2D eigenvalue weighted by Gasteiger charge is 2.21. The summed E-state index contributed by atoms with van der Waals surface area (Å²) >= 11 is 12.1. The maximum absolute atomic E-state index is 12.3. The molecule has 0 unspecified atom stereocenters. The van der Waals surface area contributed by atoms with E-state index >= 15 is 0 Å². The molecule has 0 spiro atoms. The summed E-state index contributed by atoms with van der Waals surface area (Å²) in [5, 5.41) is 6.17. The van der Waals surface area contributed by atoms with Crippen molar-refractivity contribution in [2.45, 2.75) is 25.9 Å². The largest absolute Gasteiger partial charge is 0.330 e. The number of nitrogens with two attached hydrogens (primary N) is 1. The molecule has 0 radical (unpaired) electrons. The molecule has 0 saturated carbocycles. The molecule has 0 bridgehead atoms. The van der Waals surface area contributed by atoms with Crippen molar-refractivity contribution in [1.82, 2.24) is 0 Å².